The first-order valence-corrected chi connectivity index (χ1v) is 11.8. The number of alkyl halides is 3. The Labute approximate surface area is 206 Å². The molecule has 0 saturated carbocycles. The summed E-state index contributed by atoms with van der Waals surface area (Å²) >= 11 is -0.114. The van der Waals surface area contributed by atoms with Crippen LogP contribution in [0.3, 0.4) is 0 Å². The molecule has 184 valence electrons. The van der Waals surface area contributed by atoms with Crippen molar-refractivity contribution in [3.05, 3.63) is 78.6 Å². The molecule has 0 aliphatic carbocycles. The van der Waals surface area contributed by atoms with Gasteiger partial charge in [0.05, 0.1) is 18.6 Å². The summed E-state index contributed by atoms with van der Waals surface area (Å²) in [6.45, 7) is 6.11. The van der Waals surface area contributed by atoms with E-state index in [4.69, 9.17) is 0 Å². The van der Waals surface area contributed by atoms with E-state index in [0.29, 0.717) is 31.1 Å². The van der Waals surface area contributed by atoms with Crippen molar-refractivity contribution < 1.29 is 18.0 Å². The number of thioether (sulfide) groups is 1. The van der Waals surface area contributed by atoms with Crippen LogP contribution < -0.4 is 15.5 Å². The number of hydrogen-bond donors (Lipinski definition) is 2. The van der Waals surface area contributed by atoms with Gasteiger partial charge in [-0.1, -0.05) is 18.2 Å². The number of nitrogens with zero attached hydrogens (tertiary/aromatic N) is 3. The van der Waals surface area contributed by atoms with Gasteiger partial charge in [0.2, 0.25) is 0 Å². The molecule has 35 heavy (non-hydrogen) atoms. The van der Waals surface area contributed by atoms with E-state index < -0.39 is 5.51 Å². The monoisotopic (exact) mass is 501 g/mol. The molecule has 1 fully saturated rings. The number of anilines is 3. The van der Waals surface area contributed by atoms with E-state index in [-0.39, 0.29) is 28.2 Å². The normalized spacial score (nSPS) is 15.7. The first-order valence-electron chi connectivity index (χ1n) is 11.0. The zero-order valence-corrected chi connectivity index (χ0v) is 20.2. The summed E-state index contributed by atoms with van der Waals surface area (Å²) in [5.74, 6) is 0. The lowest BCUT2D eigenvalue weighted by Crippen LogP contribution is -2.39. The molecule has 1 aliphatic heterocycles. The molecule has 0 bridgehead atoms. The lowest BCUT2D eigenvalue weighted by atomic mass is 10.0. The number of rotatable bonds is 6. The molecule has 1 saturated heterocycles. The van der Waals surface area contributed by atoms with Crippen LogP contribution in [0, 0.1) is 0 Å². The molecular weight excluding hydrogens is 475 g/mol. The first kappa shape index (κ1) is 24.9. The fourth-order valence-electron chi connectivity index (χ4n) is 4.00. The Kier molecular flexibility index (Phi) is 7.23. The number of carbonyl (C=O) groups excluding carboxylic acids is 1. The van der Waals surface area contributed by atoms with Crippen LogP contribution in [0.2, 0.25) is 0 Å². The number of amides is 2. The van der Waals surface area contributed by atoms with E-state index in [1.165, 1.54) is 12.1 Å². The van der Waals surface area contributed by atoms with Gasteiger partial charge >= 0.3 is 11.5 Å². The summed E-state index contributed by atoms with van der Waals surface area (Å²) in [5, 5.41) is 5.68. The highest BCUT2D eigenvalue weighted by Crippen LogP contribution is 2.38. The Bertz CT molecular complexity index is 1160. The standard InChI is InChI=1S/C25H26F3N5OS/c1-24(2)16-32(20-8-10-21(11-9-20)35-25(26,27)28)17-33(24)15-18-12-13-29-14-22(18)31-23(34)30-19-6-4-3-5-7-19/h3-14H,15-17H2,1-2H3,(H2,30,31,34). The van der Waals surface area contributed by atoms with Crippen molar-refractivity contribution in [1.82, 2.24) is 9.88 Å². The van der Waals surface area contributed by atoms with E-state index in [1.54, 1.807) is 36.7 Å². The third kappa shape index (κ3) is 6.67. The highest BCUT2D eigenvalue weighted by molar-refractivity contribution is 8.00. The summed E-state index contributed by atoms with van der Waals surface area (Å²) in [7, 11) is 0. The number of para-hydroxylation sites is 1. The third-order valence-corrected chi connectivity index (χ3v) is 6.50. The Morgan fingerprint density at radius 3 is 2.46 bits per heavy atom. The molecule has 2 aromatic carbocycles. The molecule has 6 nitrogen and oxygen atoms in total. The van der Waals surface area contributed by atoms with Gasteiger partial charge in [-0.15, -0.1) is 0 Å². The van der Waals surface area contributed by atoms with Gasteiger partial charge in [0.15, 0.2) is 0 Å². The lowest BCUT2D eigenvalue weighted by Gasteiger charge is -2.30. The van der Waals surface area contributed by atoms with Crippen molar-refractivity contribution in [2.24, 2.45) is 0 Å². The molecule has 1 aliphatic rings. The van der Waals surface area contributed by atoms with Gasteiger partial charge in [-0.25, -0.2) is 4.79 Å². The van der Waals surface area contributed by atoms with Crippen molar-refractivity contribution in [1.29, 1.82) is 0 Å². The maximum absolute atomic E-state index is 12.6. The van der Waals surface area contributed by atoms with Crippen molar-refractivity contribution in [2.75, 3.05) is 28.7 Å². The minimum Gasteiger partial charge on any atom is -0.357 e. The average Bonchev–Trinajstić information content (AvgIpc) is 3.09. The second-order valence-electron chi connectivity index (χ2n) is 8.87. The summed E-state index contributed by atoms with van der Waals surface area (Å²) in [5.41, 5.74) is -1.43. The maximum atomic E-state index is 12.6. The highest BCUT2D eigenvalue weighted by Gasteiger charge is 2.37. The van der Waals surface area contributed by atoms with E-state index in [9.17, 15) is 18.0 Å². The zero-order chi connectivity index (χ0) is 25.1. The van der Waals surface area contributed by atoms with Gasteiger partial charge in [0, 0.05) is 41.1 Å². The number of halogens is 3. The number of carbonyl (C=O) groups is 1. The van der Waals surface area contributed by atoms with E-state index in [1.807, 2.05) is 24.3 Å². The van der Waals surface area contributed by atoms with Crippen LogP contribution in [-0.2, 0) is 6.54 Å². The van der Waals surface area contributed by atoms with Crippen LogP contribution in [0.1, 0.15) is 19.4 Å². The quantitative estimate of drug-likeness (QED) is 0.383. The second kappa shape index (κ2) is 10.2. The molecule has 10 heteroatoms. The zero-order valence-electron chi connectivity index (χ0n) is 19.3. The Morgan fingerprint density at radius 1 is 1.06 bits per heavy atom. The number of urea groups is 1. The molecule has 0 atom stereocenters. The molecule has 3 aromatic rings. The summed E-state index contributed by atoms with van der Waals surface area (Å²) in [4.78, 5) is 21.2. The smallest absolute Gasteiger partial charge is 0.357 e. The Hall–Kier alpha value is -3.24. The van der Waals surface area contributed by atoms with Crippen LogP contribution in [0.15, 0.2) is 78.0 Å². The average molecular weight is 502 g/mol. The Morgan fingerprint density at radius 2 is 1.77 bits per heavy atom. The lowest BCUT2D eigenvalue weighted by molar-refractivity contribution is -0.0328. The van der Waals surface area contributed by atoms with Crippen molar-refractivity contribution in [2.45, 2.75) is 36.3 Å². The predicted molar refractivity (Wildman–Crippen MR) is 134 cm³/mol. The molecule has 4 rings (SSSR count). The highest BCUT2D eigenvalue weighted by atomic mass is 32.2. The number of nitrogens with one attached hydrogen (secondary N) is 2. The van der Waals surface area contributed by atoms with Crippen LogP contribution in [0.5, 0.6) is 0 Å². The molecular formula is C25H26F3N5OS. The number of benzene rings is 2. The second-order valence-corrected chi connectivity index (χ2v) is 10.0. The van der Waals surface area contributed by atoms with Crippen molar-refractivity contribution in [3.8, 4) is 0 Å². The first-order chi connectivity index (χ1) is 16.6. The fourth-order valence-corrected chi connectivity index (χ4v) is 4.54. The predicted octanol–water partition coefficient (Wildman–Crippen LogP) is 6.40. The SMILES string of the molecule is CC1(C)CN(c2ccc(SC(F)(F)F)cc2)CN1Cc1ccncc1NC(=O)Nc1ccccc1. The maximum Gasteiger partial charge on any atom is 0.446 e. The molecule has 2 N–H and O–H groups in total. The van der Waals surface area contributed by atoms with Gasteiger partial charge in [-0.3, -0.25) is 9.88 Å². The van der Waals surface area contributed by atoms with Gasteiger partial charge in [0.25, 0.3) is 0 Å². The summed E-state index contributed by atoms with van der Waals surface area (Å²) < 4.78 is 37.9. The molecule has 0 unspecified atom stereocenters. The van der Waals surface area contributed by atoms with E-state index in [0.717, 1.165) is 11.3 Å². The van der Waals surface area contributed by atoms with Crippen LogP contribution in [-0.4, -0.2) is 40.2 Å². The number of hydrogen-bond acceptors (Lipinski definition) is 5. The largest absolute Gasteiger partial charge is 0.446 e. The van der Waals surface area contributed by atoms with Gasteiger partial charge in [0.1, 0.15) is 0 Å². The molecule has 2 amide bonds. The van der Waals surface area contributed by atoms with Crippen LogP contribution >= 0.6 is 11.8 Å². The van der Waals surface area contributed by atoms with Gasteiger partial charge in [-0.05, 0) is 73.6 Å². The molecule has 1 aromatic heterocycles. The minimum absolute atomic E-state index is 0.114. The van der Waals surface area contributed by atoms with E-state index >= 15 is 0 Å². The minimum atomic E-state index is -4.30. The fraction of sp³-hybridized carbons (Fsp3) is 0.280. The van der Waals surface area contributed by atoms with Crippen LogP contribution in [0.4, 0.5) is 35.0 Å². The molecule has 0 radical (unpaired) electrons. The number of aromatic nitrogens is 1. The van der Waals surface area contributed by atoms with Gasteiger partial charge in [-0.2, -0.15) is 13.2 Å². The number of pyridine rings is 1. The van der Waals surface area contributed by atoms with E-state index in [2.05, 4.69) is 39.3 Å². The topological polar surface area (TPSA) is 60.5 Å². The summed E-state index contributed by atoms with van der Waals surface area (Å²) in [6, 6.07) is 17.1. The summed E-state index contributed by atoms with van der Waals surface area (Å²) in [6.07, 6.45) is 3.31. The third-order valence-electron chi connectivity index (χ3n) is 5.76. The van der Waals surface area contributed by atoms with Gasteiger partial charge < -0.3 is 15.5 Å². The molecule has 0 spiro atoms. The van der Waals surface area contributed by atoms with Crippen LogP contribution in [0.25, 0.3) is 0 Å². The van der Waals surface area contributed by atoms with Crippen molar-refractivity contribution >= 4 is 34.9 Å². The van der Waals surface area contributed by atoms with Crippen molar-refractivity contribution in [3.63, 3.8) is 0 Å². The Balaban J connectivity index is 1.43. The molecule has 2 heterocycles.